The van der Waals surface area contributed by atoms with E-state index in [-0.39, 0.29) is 11.7 Å². The fraction of sp³-hybridized carbons (Fsp3) is 0.429. The van der Waals surface area contributed by atoms with Gasteiger partial charge in [0.15, 0.2) is 11.9 Å². The molecule has 1 atom stereocenters. The number of hydrogen-bond acceptors (Lipinski definition) is 3. The first-order valence-electron chi connectivity index (χ1n) is 6.02. The zero-order valence-corrected chi connectivity index (χ0v) is 10.9. The summed E-state index contributed by atoms with van der Waals surface area (Å²) in [5.41, 5.74) is 1.54. The van der Waals surface area contributed by atoms with Crippen molar-refractivity contribution in [2.75, 3.05) is 13.6 Å². The van der Waals surface area contributed by atoms with E-state index in [1.165, 1.54) is 6.92 Å². The fourth-order valence-electron chi connectivity index (χ4n) is 2.05. The van der Waals surface area contributed by atoms with Crippen LogP contribution >= 0.6 is 0 Å². The maximum atomic E-state index is 11.7. The molecule has 4 nitrogen and oxygen atoms in total. The van der Waals surface area contributed by atoms with Crippen molar-refractivity contribution in [3.8, 4) is 5.75 Å². The maximum Gasteiger partial charge on any atom is 0.263 e. The quantitative estimate of drug-likeness (QED) is 0.765. The van der Waals surface area contributed by atoms with Crippen molar-refractivity contribution in [2.45, 2.75) is 26.4 Å². The highest BCUT2D eigenvalue weighted by molar-refractivity contribution is 5.94. The maximum absolute atomic E-state index is 11.7. The summed E-state index contributed by atoms with van der Waals surface area (Å²) in [5, 5.41) is 0. The van der Waals surface area contributed by atoms with E-state index in [1.807, 2.05) is 6.92 Å². The highest BCUT2D eigenvalue weighted by atomic mass is 16.5. The molecule has 1 saturated heterocycles. The number of ether oxygens (including phenoxy) is 1. The number of benzene rings is 1. The normalized spacial score (nSPS) is 19.2. The Balaban J connectivity index is 2.15. The third-order valence-electron chi connectivity index (χ3n) is 3.23. The number of rotatable bonds is 3. The van der Waals surface area contributed by atoms with Crippen LogP contribution in [0.2, 0.25) is 0 Å². The molecule has 0 aliphatic carbocycles. The van der Waals surface area contributed by atoms with Crippen LogP contribution in [-0.4, -0.2) is 36.3 Å². The van der Waals surface area contributed by atoms with Gasteiger partial charge in [0, 0.05) is 25.6 Å². The van der Waals surface area contributed by atoms with Gasteiger partial charge in [-0.3, -0.25) is 9.59 Å². The first-order chi connectivity index (χ1) is 8.49. The molecule has 1 amide bonds. The van der Waals surface area contributed by atoms with E-state index < -0.39 is 6.10 Å². The summed E-state index contributed by atoms with van der Waals surface area (Å²) in [7, 11) is 1.78. The molecule has 1 aliphatic rings. The molecule has 0 aromatic heterocycles. The lowest BCUT2D eigenvalue weighted by atomic mass is 10.1. The van der Waals surface area contributed by atoms with Crippen LogP contribution in [0.5, 0.6) is 5.75 Å². The molecule has 1 heterocycles. The zero-order chi connectivity index (χ0) is 13.3. The predicted octanol–water partition coefficient (Wildman–Crippen LogP) is 1.81. The van der Waals surface area contributed by atoms with E-state index in [0.717, 1.165) is 12.1 Å². The molecule has 2 rings (SSSR count). The smallest absolute Gasteiger partial charge is 0.263 e. The Kier molecular flexibility index (Phi) is 3.36. The number of aryl methyl sites for hydroxylation is 1. The molecule has 1 aliphatic heterocycles. The Morgan fingerprint density at radius 2 is 2.17 bits per heavy atom. The van der Waals surface area contributed by atoms with Crippen molar-refractivity contribution in [3.63, 3.8) is 0 Å². The SMILES string of the molecule is CC(=O)c1ccc(OC2CCN(C)C2=O)c(C)c1. The molecule has 1 aromatic carbocycles. The molecule has 0 bridgehead atoms. The minimum Gasteiger partial charge on any atom is -0.480 e. The average molecular weight is 247 g/mol. The van der Waals surface area contributed by atoms with E-state index in [0.29, 0.717) is 17.7 Å². The Bertz CT molecular complexity index is 496. The summed E-state index contributed by atoms with van der Waals surface area (Å²) in [5.74, 6) is 0.722. The van der Waals surface area contributed by atoms with Gasteiger partial charge < -0.3 is 9.64 Å². The number of carbonyl (C=O) groups excluding carboxylic acids is 2. The minimum absolute atomic E-state index is 0.0186. The highest BCUT2D eigenvalue weighted by Crippen LogP contribution is 2.23. The van der Waals surface area contributed by atoms with E-state index in [2.05, 4.69) is 0 Å². The second kappa shape index (κ2) is 4.80. The van der Waals surface area contributed by atoms with Crippen LogP contribution in [0.4, 0.5) is 0 Å². The summed E-state index contributed by atoms with van der Waals surface area (Å²) < 4.78 is 5.72. The van der Waals surface area contributed by atoms with E-state index in [4.69, 9.17) is 4.74 Å². The summed E-state index contributed by atoms with van der Waals surface area (Å²) in [6, 6.07) is 5.28. The van der Waals surface area contributed by atoms with Gasteiger partial charge in [0.05, 0.1) is 0 Å². The summed E-state index contributed by atoms with van der Waals surface area (Å²) in [6.45, 7) is 4.14. The number of likely N-dealkylation sites (tertiary alicyclic amines) is 1. The van der Waals surface area contributed by atoms with E-state index in [9.17, 15) is 9.59 Å². The van der Waals surface area contributed by atoms with E-state index in [1.54, 1.807) is 30.1 Å². The average Bonchev–Trinajstić information content (AvgIpc) is 2.63. The monoisotopic (exact) mass is 247 g/mol. The molecule has 96 valence electrons. The molecule has 0 saturated carbocycles. The number of likely N-dealkylation sites (N-methyl/N-ethyl adjacent to an activating group) is 1. The van der Waals surface area contributed by atoms with Crippen molar-refractivity contribution >= 4 is 11.7 Å². The van der Waals surface area contributed by atoms with Crippen LogP contribution in [0.15, 0.2) is 18.2 Å². The van der Waals surface area contributed by atoms with E-state index >= 15 is 0 Å². The van der Waals surface area contributed by atoms with Gasteiger partial charge in [-0.15, -0.1) is 0 Å². The first-order valence-corrected chi connectivity index (χ1v) is 6.02. The standard InChI is InChI=1S/C14H17NO3/c1-9-8-11(10(2)16)4-5-12(9)18-13-6-7-15(3)14(13)17/h4-5,8,13H,6-7H2,1-3H3. The zero-order valence-electron chi connectivity index (χ0n) is 10.9. The number of carbonyl (C=O) groups is 2. The molecular weight excluding hydrogens is 230 g/mol. The fourth-order valence-corrected chi connectivity index (χ4v) is 2.05. The number of nitrogens with zero attached hydrogens (tertiary/aromatic N) is 1. The number of hydrogen-bond donors (Lipinski definition) is 0. The summed E-state index contributed by atoms with van der Waals surface area (Å²) >= 11 is 0. The molecular formula is C14H17NO3. The third kappa shape index (κ3) is 2.37. The van der Waals surface area contributed by atoms with Gasteiger partial charge in [-0.25, -0.2) is 0 Å². The van der Waals surface area contributed by atoms with Crippen LogP contribution in [0, 0.1) is 6.92 Å². The Labute approximate surface area is 107 Å². The lowest BCUT2D eigenvalue weighted by molar-refractivity contribution is -0.132. The van der Waals surface area contributed by atoms with Gasteiger partial charge >= 0.3 is 0 Å². The second-order valence-corrected chi connectivity index (χ2v) is 4.69. The van der Waals surface area contributed by atoms with Gasteiger partial charge in [-0.05, 0) is 37.6 Å². The van der Waals surface area contributed by atoms with Crippen molar-refractivity contribution in [3.05, 3.63) is 29.3 Å². The molecule has 4 heteroatoms. The number of ketones is 1. The van der Waals surface area contributed by atoms with Crippen LogP contribution in [-0.2, 0) is 4.79 Å². The van der Waals surface area contributed by atoms with Crippen LogP contribution in [0.25, 0.3) is 0 Å². The largest absolute Gasteiger partial charge is 0.480 e. The summed E-state index contributed by atoms with van der Waals surface area (Å²) in [6.07, 6.45) is 0.320. The van der Waals surface area contributed by atoms with Crippen molar-refractivity contribution in [1.29, 1.82) is 0 Å². The van der Waals surface area contributed by atoms with Gasteiger partial charge in [-0.1, -0.05) is 0 Å². The first kappa shape index (κ1) is 12.6. The van der Waals surface area contributed by atoms with Gasteiger partial charge in [-0.2, -0.15) is 0 Å². The lowest BCUT2D eigenvalue weighted by Gasteiger charge is -2.15. The van der Waals surface area contributed by atoms with Crippen molar-refractivity contribution < 1.29 is 14.3 Å². The lowest BCUT2D eigenvalue weighted by Crippen LogP contribution is -2.29. The highest BCUT2D eigenvalue weighted by Gasteiger charge is 2.31. The molecule has 1 unspecified atom stereocenters. The van der Waals surface area contributed by atoms with Gasteiger partial charge in [0.1, 0.15) is 5.75 Å². The molecule has 18 heavy (non-hydrogen) atoms. The number of amides is 1. The molecule has 1 aromatic rings. The molecule has 0 N–H and O–H groups in total. The van der Waals surface area contributed by atoms with Crippen LogP contribution in [0.1, 0.15) is 29.3 Å². The topological polar surface area (TPSA) is 46.6 Å². The molecule has 0 spiro atoms. The Morgan fingerprint density at radius 3 is 2.67 bits per heavy atom. The second-order valence-electron chi connectivity index (χ2n) is 4.69. The van der Waals surface area contributed by atoms with Gasteiger partial charge in [0.25, 0.3) is 5.91 Å². The Hall–Kier alpha value is -1.84. The minimum atomic E-state index is -0.392. The third-order valence-corrected chi connectivity index (χ3v) is 3.23. The van der Waals surface area contributed by atoms with Crippen LogP contribution < -0.4 is 4.74 Å². The van der Waals surface area contributed by atoms with Crippen molar-refractivity contribution in [2.24, 2.45) is 0 Å². The molecule has 1 fully saturated rings. The van der Waals surface area contributed by atoms with Crippen molar-refractivity contribution in [1.82, 2.24) is 4.90 Å². The Morgan fingerprint density at radius 1 is 1.44 bits per heavy atom. The molecule has 0 radical (unpaired) electrons. The number of Topliss-reactive ketones (excluding diaryl/α,β-unsaturated/α-hetero) is 1. The summed E-state index contributed by atoms with van der Waals surface area (Å²) in [4.78, 5) is 24.7. The predicted molar refractivity (Wildman–Crippen MR) is 67.9 cm³/mol. The van der Waals surface area contributed by atoms with Crippen LogP contribution in [0.3, 0.4) is 0 Å². The van der Waals surface area contributed by atoms with Gasteiger partial charge in [0.2, 0.25) is 0 Å².